The lowest BCUT2D eigenvalue weighted by Crippen LogP contribution is -2.15. The molecule has 0 amide bonds. The third-order valence-electron chi connectivity index (χ3n) is 1.54. The predicted octanol–water partition coefficient (Wildman–Crippen LogP) is 2.63. The molecule has 0 spiro atoms. The molecule has 2 nitrogen and oxygen atoms in total. The van der Waals surface area contributed by atoms with Crippen LogP contribution in [0.2, 0.25) is 0 Å². The number of hydrogen-bond donors (Lipinski definition) is 0. The highest BCUT2D eigenvalue weighted by molar-refractivity contribution is 9.09. The Bertz CT molecular complexity index is 272. The van der Waals surface area contributed by atoms with Crippen LogP contribution in [0.4, 0.5) is 0 Å². The van der Waals surface area contributed by atoms with Crippen LogP contribution < -0.4 is 0 Å². The molecule has 0 aliphatic carbocycles. The fraction of sp³-hybridized carbons (Fsp3) is 0.300. The first-order valence-electron chi connectivity index (χ1n) is 4.06. The number of esters is 1. The summed E-state index contributed by atoms with van der Waals surface area (Å²) in [4.78, 5) is 11.4. The summed E-state index contributed by atoms with van der Waals surface area (Å²) in [6, 6.07) is 8.97. The topological polar surface area (TPSA) is 26.3 Å². The van der Waals surface area contributed by atoms with Crippen molar-refractivity contribution in [3.8, 4) is 0 Å². The van der Waals surface area contributed by atoms with Gasteiger partial charge in [-0.2, -0.15) is 0 Å². The van der Waals surface area contributed by atoms with Crippen molar-refractivity contribution >= 4 is 21.9 Å². The van der Waals surface area contributed by atoms with E-state index in [0.29, 0.717) is 10.9 Å². The molecule has 1 atom stereocenters. The van der Waals surface area contributed by atoms with E-state index in [1.165, 1.54) is 0 Å². The SMILES string of the molecule is C[C@@H](CBr)OC(=O)c1ccccc1. The van der Waals surface area contributed by atoms with Crippen molar-refractivity contribution in [3.63, 3.8) is 0 Å². The van der Waals surface area contributed by atoms with Crippen LogP contribution in [0.1, 0.15) is 17.3 Å². The quantitative estimate of drug-likeness (QED) is 0.602. The molecule has 0 aliphatic rings. The molecule has 0 radical (unpaired) electrons. The molecule has 1 rings (SSSR count). The van der Waals surface area contributed by atoms with Crippen LogP contribution >= 0.6 is 15.9 Å². The van der Waals surface area contributed by atoms with Gasteiger partial charge in [0.25, 0.3) is 0 Å². The minimum absolute atomic E-state index is 0.0901. The lowest BCUT2D eigenvalue weighted by atomic mass is 10.2. The van der Waals surface area contributed by atoms with E-state index in [1.807, 2.05) is 25.1 Å². The van der Waals surface area contributed by atoms with Crippen molar-refractivity contribution in [1.82, 2.24) is 0 Å². The minimum Gasteiger partial charge on any atom is -0.458 e. The summed E-state index contributed by atoms with van der Waals surface area (Å²) in [5.41, 5.74) is 0.593. The predicted molar refractivity (Wildman–Crippen MR) is 55.1 cm³/mol. The van der Waals surface area contributed by atoms with Crippen molar-refractivity contribution in [3.05, 3.63) is 35.9 Å². The molecule has 1 aromatic carbocycles. The van der Waals surface area contributed by atoms with Crippen LogP contribution in [0.25, 0.3) is 0 Å². The largest absolute Gasteiger partial charge is 0.458 e. The zero-order valence-electron chi connectivity index (χ0n) is 7.37. The van der Waals surface area contributed by atoms with E-state index >= 15 is 0 Å². The summed E-state index contributed by atoms with van der Waals surface area (Å²) < 4.78 is 5.10. The molecular weight excluding hydrogens is 232 g/mol. The standard InChI is InChI=1S/C10H11BrO2/c1-8(7-11)13-10(12)9-5-3-2-4-6-9/h2-6,8H,7H2,1H3/t8-/m0/s1. The fourth-order valence-corrected chi connectivity index (χ4v) is 0.989. The molecule has 0 heterocycles. The molecular formula is C10H11BrO2. The Labute approximate surface area is 86.0 Å². The molecule has 0 saturated carbocycles. The zero-order valence-corrected chi connectivity index (χ0v) is 8.95. The lowest BCUT2D eigenvalue weighted by Gasteiger charge is -2.09. The molecule has 0 N–H and O–H groups in total. The maximum absolute atomic E-state index is 11.4. The van der Waals surface area contributed by atoms with Crippen molar-refractivity contribution in [2.45, 2.75) is 13.0 Å². The highest BCUT2D eigenvalue weighted by Gasteiger charge is 2.09. The first-order chi connectivity index (χ1) is 6.24. The van der Waals surface area contributed by atoms with E-state index in [-0.39, 0.29) is 12.1 Å². The zero-order chi connectivity index (χ0) is 9.68. The minimum atomic E-state index is -0.271. The Morgan fingerprint density at radius 2 is 2.08 bits per heavy atom. The smallest absolute Gasteiger partial charge is 0.338 e. The number of ether oxygens (including phenoxy) is 1. The third-order valence-corrected chi connectivity index (χ3v) is 2.45. The lowest BCUT2D eigenvalue weighted by molar-refractivity contribution is 0.0388. The van der Waals surface area contributed by atoms with Crippen molar-refractivity contribution in [2.75, 3.05) is 5.33 Å². The molecule has 0 bridgehead atoms. The second-order valence-corrected chi connectivity index (χ2v) is 3.38. The van der Waals surface area contributed by atoms with Gasteiger partial charge in [-0.3, -0.25) is 0 Å². The van der Waals surface area contributed by atoms with Crippen molar-refractivity contribution < 1.29 is 9.53 Å². The number of halogens is 1. The van der Waals surface area contributed by atoms with Crippen LogP contribution in [-0.2, 0) is 4.74 Å². The van der Waals surface area contributed by atoms with Crippen LogP contribution in [-0.4, -0.2) is 17.4 Å². The monoisotopic (exact) mass is 242 g/mol. The molecule has 0 unspecified atom stereocenters. The van der Waals surface area contributed by atoms with E-state index in [2.05, 4.69) is 15.9 Å². The van der Waals surface area contributed by atoms with E-state index in [1.54, 1.807) is 12.1 Å². The van der Waals surface area contributed by atoms with Gasteiger partial charge < -0.3 is 4.74 Å². The molecule has 70 valence electrons. The Balaban J connectivity index is 2.59. The fourth-order valence-electron chi connectivity index (χ4n) is 0.856. The molecule has 13 heavy (non-hydrogen) atoms. The van der Waals surface area contributed by atoms with Gasteiger partial charge in [-0.25, -0.2) is 4.79 Å². The first-order valence-corrected chi connectivity index (χ1v) is 5.18. The summed E-state index contributed by atoms with van der Waals surface area (Å²) in [7, 11) is 0. The molecule has 0 fully saturated rings. The van der Waals surface area contributed by atoms with Gasteiger partial charge in [0.05, 0.1) is 5.56 Å². The van der Waals surface area contributed by atoms with E-state index < -0.39 is 0 Å². The van der Waals surface area contributed by atoms with Gasteiger partial charge in [0.2, 0.25) is 0 Å². The Kier molecular flexibility index (Phi) is 3.96. The third kappa shape index (κ3) is 3.19. The maximum atomic E-state index is 11.4. The van der Waals surface area contributed by atoms with Gasteiger partial charge >= 0.3 is 5.97 Å². The number of carbonyl (C=O) groups excluding carboxylic acids is 1. The molecule has 0 aliphatic heterocycles. The number of alkyl halides is 1. The summed E-state index contributed by atoms with van der Waals surface area (Å²) in [6.07, 6.45) is -0.0901. The highest BCUT2D eigenvalue weighted by atomic mass is 79.9. The van der Waals surface area contributed by atoms with Crippen molar-refractivity contribution in [1.29, 1.82) is 0 Å². The highest BCUT2D eigenvalue weighted by Crippen LogP contribution is 2.04. The number of rotatable bonds is 3. The van der Waals surface area contributed by atoms with Crippen LogP contribution in [0, 0.1) is 0 Å². The normalized spacial score (nSPS) is 12.2. The second kappa shape index (κ2) is 5.02. The van der Waals surface area contributed by atoms with Gasteiger partial charge in [-0.15, -0.1) is 0 Å². The molecule has 1 aromatic rings. The number of hydrogen-bond acceptors (Lipinski definition) is 2. The van der Waals surface area contributed by atoms with E-state index in [9.17, 15) is 4.79 Å². The van der Waals surface area contributed by atoms with Crippen LogP contribution in [0.5, 0.6) is 0 Å². The van der Waals surface area contributed by atoms with Crippen LogP contribution in [0.3, 0.4) is 0 Å². The van der Waals surface area contributed by atoms with E-state index in [4.69, 9.17) is 4.74 Å². The Morgan fingerprint density at radius 3 is 2.62 bits per heavy atom. The summed E-state index contributed by atoms with van der Waals surface area (Å²) >= 11 is 3.24. The summed E-state index contributed by atoms with van der Waals surface area (Å²) in [5.74, 6) is -0.271. The average Bonchev–Trinajstić information content (AvgIpc) is 2.19. The van der Waals surface area contributed by atoms with Crippen LogP contribution in [0.15, 0.2) is 30.3 Å². The molecule has 0 aromatic heterocycles. The Morgan fingerprint density at radius 1 is 1.46 bits per heavy atom. The van der Waals surface area contributed by atoms with Gasteiger partial charge in [0.1, 0.15) is 6.10 Å². The van der Waals surface area contributed by atoms with Gasteiger partial charge in [0, 0.05) is 5.33 Å². The second-order valence-electron chi connectivity index (χ2n) is 2.74. The summed E-state index contributed by atoms with van der Waals surface area (Å²) in [6.45, 7) is 1.84. The average molecular weight is 243 g/mol. The maximum Gasteiger partial charge on any atom is 0.338 e. The number of benzene rings is 1. The van der Waals surface area contributed by atoms with E-state index in [0.717, 1.165) is 0 Å². The summed E-state index contributed by atoms with van der Waals surface area (Å²) in [5, 5.41) is 0.658. The Hall–Kier alpha value is -0.830. The van der Waals surface area contributed by atoms with Crippen molar-refractivity contribution in [2.24, 2.45) is 0 Å². The number of carbonyl (C=O) groups is 1. The van der Waals surface area contributed by atoms with Gasteiger partial charge in [-0.05, 0) is 19.1 Å². The molecule has 0 saturated heterocycles. The molecule has 3 heteroatoms. The first kappa shape index (κ1) is 10.3. The van der Waals surface area contributed by atoms with Gasteiger partial charge in [0.15, 0.2) is 0 Å². The van der Waals surface area contributed by atoms with Gasteiger partial charge in [-0.1, -0.05) is 34.1 Å².